The first-order chi connectivity index (χ1) is 29.5. The van der Waals surface area contributed by atoms with Gasteiger partial charge in [0.05, 0.1) is 10.6 Å². The number of rotatable bonds is 16. The number of anilines is 2. The molecule has 2 aliphatic rings. The van der Waals surface area contributed by atoms with Gasteiger partial charge in [-0.3, -0.25) is 19.8 Å². The third-order valence-electron chi connectivity index (χ3n) is 11.2. The van der Waals surface area contributed by atoms with Crippen molar-refractivity contribution in [2.45, 2.75) is 30.7 Å². The van der Waals surface area contributed by atoms with Crippen LogP contribution in [0, 0.1) is 16.0 Å². The molecule has 2 aliphatic heterocycles. The summed E-state index contributed by atoms with van der Waals surface area (Å²) < 4.78 is 43.4. The number of nitro benzene ring substituents is 1. The average Bonchev–Trinajstić information content (AvgIpc) is 3.27. The zero-order valence-electron chi connectivity index (χ0n) is 34.4. The Balaban J connectivity index is 1.30. The lowest BCUT2D eigenvalue weighted by Crippen LogP contribution is -2.46. The number of benzene rings is 5. The SMILES string of the molecule is CN(C)CCc1ccccc1Oc1c(S(=O)(=O)NC(=O)c2ccccc2)cc(N2CCN(Cc3c(Cl)cccc3-c3ccccc3)CC2)c(NCC2CCOCC2)c1[N+](=O)[O-]. The second kappa shape index (κ2) is 19.9. The van der Waals surface area contributed by atoms with E-state index in [1.54, 1.807) is 30.3 Å². The molecule has 320 valence electrons. The molecule has 0 aliphatic carbocycles. The molecule has 2 saturated heterocycles. The molecule has 2 heterocycles. The number of hydrogen-bond acceptors (Lipinski definition) is 11. The quantitative estimate of drug-likeness (QED) is 0.0733. The van der Waals surface area contributed by atoms with Gasteiger partial charge >= 0.3 is 5.69 Å². The van der Waals surface area contributed by atoms with Crippen molar-refractivity contribution in [3.63, 3.8) is 0 Å². The van der Waals surface area contributed by atoms with Crippen molar-refractivity contribution < 1.29 is 27.6 Å². The first kappa shape index (κ1) is 43.6. The van der Waals surface area contributed by atoms with Gasteiger partial charge in [0.25, 0.3) is 15.9 Å². The van der Waals surface area contributed by atoms with E-state index in [-0.39, 0.29) is 22.9 Å². The Morgan fingerprint density at radius 2 is 1.59 bits per heavy atom. The van der Waals surface area contributed by atoms with Crippen molar-refractivity contribution in [1.29, 1.82) is 0 Å². The molecule has 61 heavy (non-hydrogen) atoms. The van der Waals surface area contributed by atoms with Crippen molar-refractivity contribution in [3.05, 3.63) is 141 Å². The smallest absolute Gasteiger partial charge is 0.338 e. The Morgan fingerprint density at radius 3 is 2.28 bits per heavy atom. The van der Waals surface area contributed by atoms with E-state index >= 15 is 0 Å². The van der Waals surface area contributed by atoms with Crippen LogP contribution in [-0.4, -0.2) is 95.6 Å². The van der Waals surface area contributed by atoms with E-state index in [1.807, 2.05) is 66.4 Å². The van der Waals surface area contributed by atoms with E-state index in [9.17, 15) is 23.3 Å². The molecule has 0 spiro atoms. The summed E-state index contributed by atoms with van der Waals surface area (Å²) in [6.45, 7) is 4.70. The molecule has 2 N–H and O–H groups in total. The van der Waals surface area contributed by atoms with Gasteiger partial charge in [0.1, 0.15) is 16.3 Å². The summed E-state index contributed by atoms with van der Waals surface area (Å²) in [5.41, 5.74) is 3.86. The number of carbonyl (C=O) groups is 1. The molecule has 0 bridgehead atoms. The van der Waals surface area contributed by atoms with Crippen LogP contribution in [0.5, 0.6) is 11.5 Å². The van der Waals surface area contributed by atoms with Crippen LogP contribution < -0.4 is 19.7 Å². The van der Waals surface area contributed by atoms with Gasteiger partial charge < -0.3 is 24.6 Å². The summed E-state index contributed by atoms with van der Waals surface area (Å²) in [5, 5.41) is 17.6. The molecule has 15 heteroatoms. The van der Waals surface area contributed by atoms with Gasteiger partial charge in [0.2, 0.25) is 5.75 Å². The van der Waals surface area contributed by atoms with Crippen molar-refractivity contribution in [2.75, 3.05) is 76.8 Å². The molecular formula is C46H51ClN6O7S. The third kappa shape index (κ3) is 10.7. The van der Waals surface area contributed by atoms with Gasteiger partial charge in [0, 0.05) is 69.6 Å². The number of carbonyl (C=O) groups excluding carboxylic acids is 1. The van der Waals surface area contributed by atoms with E-state index in [4.69, 9.17) is 21.1 Å². The summed E-state index contributed by atoms with van der Waals surface area (Å²) >= 11 is 6.82. The number of likely N-dealkylation sites (N-methyl/N-ethyl adjacent to an activating group) is 1. The van der Waals surface area contributed by atoms with Crippen molar-refractivity contribution >= 4 is 44.6 Å². The number of amides is 1. The topological polar surface area (TPSA) is 147 Å². The molecule has 0 saturated carbocycles. The monoisotopic (exact) mass is 866 g/mol. The van der Waals surface area contributed by atoms with Gasteiger partial charge in [-0.2, -0.15) is 0 Å². The molecule has 1 amide bonds. The van der Waals surface area contributed by atoms with E-state index in [1.165, 1.54) is 18.2 Å². The van der Waals surface area contributed by atoms with Crippen LogP contribution in [-0.2, 0) is 27.7 Å². The summed E-state index contributed by atoms with van der Waals surface area (Å²) in [7, 11) is -0.922. The van der Waals surface area contributed by atoms with E-state index in [2.05, 4.69) is 33.1 Å². The molecule has 5 aromatic carbocycles. The van der Waals surface area contributed by atoms with Crippen LogP contribution in [0.3, 0.4) is 0 Å². The summed E-state index contributed by atoms with van der Waals surface area (Å²) in [6, 6.07) is 32.4. The predicted octanol–water partition coefficient (Wildman–Crippen LogP) is 8.09. The predicted molar refractivity (Wildman–Crippen MR) is 239 cm³/mol. The Kier molecular flexibility index (Phi) is 14.2. The number of hydrogen-bond donors (Lipinski definition) is 2. The molecular weight excluding hydrogens is 816 g/mol. The molecule has 2 fully saturated rings. The largest absolute Gasteiger partial charge is 0.448 e. The number of nitro groups is 1. The maximum absolute atomic E-state index is 14.6. The first-order valence-corrected chi connectivity index (χ1v) is 22.3. The third-order valence-corrected chi connectivity index (χ3v) is 12.8. The van der Waals surface area contributed by atoms with Crippen LogP contribution >= 0.6 is 11.6 Å². The Bertz CT molecular complexity index is 2420. The molecule has 7 rings (SSSR count). The highest BCUT2D eigenvalue weighted by atomic mass is 35.5. The zero-order valence-corrected chi connectivity index (χ0v) is 36.0. The highest BCUT2D eigenvalue weighted by Crippen LogP contribution is 2.49. The second-order valence-electron chi connectivity index (χ2n) is 15.6. The number of piperazine rings is 1. The van der Waals surface area contributed by atoms with Crippen LogP contribution in [0.1, 0.15) is 34.3 Å². The van der Waals surface area contributed by atoms with Crippen LogP contribution in [0.15, 0.2) is 114 Å². The lowest BCUT2D eigenvalue weighted by molar-refractivity contribution is -0.384. The minimum Gasteiger partial charge on any atom is -0.448 e. The normalized spacial score (nSPS) is 15.1. The number of sulfonamides is 1. The number of nitrogens with zero attached hydrogens (tertiary/aromatic N) is 4. The van der Waals surface area contributed by atoms with Gasteiger partial charge in [-0.1, -0.05) is 90.5 Å². The molecule has 5 aromatic rings. The van der Waals surface area contributed by atoms with Crippen molar-refractivity contribution in [2.24, 2.45) is 5.92 Å². The number of para-hydroxylation sites is 1. The molecule has 0 radical (unpaired) electrons. The first-order valence-electron chi connectivity index (χ1n) is 20.5. The van der Waals surface area contributed by atoms with E-state index in [0.29, 0.717) is 76.2 Å². The summed E-state index contributed by atoms with van der Waals surface area (Å²) in [4.78, 5) is 32.1. The minimum absolute atomic E-state index is 0.108. The minimum atomic E-state index is -4.79. The average molecular weight is 867 g/mol. The number of nitrogens with one attached hydrogen (secondary N) is 2. The van der Waals surface area contributed by atoms with E-state index < -0.39 is 37.2 Å². The van der Waals surface area contributed by atoms with Crippen LogP contribution in [0.4, 0.5) is 17.1 Å². The Morgan fingerprint density at radius 1 is 0.918 bits per heavy atom. The van der Waals surface area contributed by atoms with Crippen LogP contribution in [0.25, 0.3) is 11.1 Å². The fourth-order valence-electron chi connectivity index (χ4n) is 7.77. The Hall–Kier alpha value is -5.51. The van der Waals surface area contributed by atoms with Gasteiger partial charge in [-0.25, -0.2) is 13.1 Å². The van der Waals surface area contributed by atoms with E-state index in [0.717, 1.165) is 35.1 Å². The highest BCUT2D eigenvalue weighted by Gasteiger charge is 2.38. The molecule has 0 atom stereocenters. The van der Waals surface area contributed by atoms with Crippen LogP contribution in [0.2, 0.25) is 5.02 Å². The maximum atomic E-state index is 14.6. The van der Waals surface area contributed by atoms with Crippen molar-refractivity contribution in [1.82, 2.24) is 14.5 Å². The maximum Gasteiger partial charge on any atom is 0.338 e. The number of ether oxygens (including phenoxy) is 2. The van der Waals surface area contributed by atoms with Gasteiger partial charge in [-0.15, -0.1) is 0 Å². The molecule has 13 nitrogen and oxygen atoms in total. The Labute approximate surface area is 362 Å². The second-order valence-corrected chi connectivity index (χ2v) is 17.7. The fraction of sp³-hybridized carbons (Fsp3) is 0.326. The molecule has 0 aromatic heterocycles. The fourth-order valence-corrected chi connectivity index (χ4v) is 9.13. The number of halogens is 1. The summed E-state index contributed by atoms with van der Waals surface area (Å²) in [6.07, 6.45) is 2.06. The lowest BCUT2D eigenvalue weighted by Gasteiger charge is -2.37. The van der Waals surface area contributed by atoms with Gasteiger partial charge in [0.15, 0.2) is 0 Å². The van der Waals surface area contributed by atoms with Gasteiger partial charge in [-0.05, 0) is 91.9 Å². The lowest BCUT2D eigenvalue weighted by atomic mass is 9.99. The molecule has 0 unspecified atom stereocenters. The zero-order chi connectivity index (χ0) is 42.9. The summed E-state index contributed by atoms with van der Waals surface area (Å²) in [5.74, 6) is -0.937. The highest BCUT2D eigenvalue weighted by molar-refractivity contribution is 7.90. The standard InChI is InChI=1S/C46H51ClN6O7S/c1-50(2)23-20-35-14-9-10-19-41(35)60-45-42(61(57,58)49-46(54)36-15-7-4-8-16-36)30-40(43(44(45)53(55)56)48-31-33-21-28-59-29-22-33)52-26-24-51(25-27-52)32-38-37(17-11-18-39(38)47)34-12-5-3-6-13-34/h3-19,30,33,48H,20-29,31-32H2,1-2H3,(H,49,54). The van der Waals surface area contributed by atoms with Crippen molar-refractivity contribution in [3.8, 4) is 22.6 Å².